The Morgan fingerprint density at radius 3 is 0.983 bits per heavy atom. The Labute approximate surface area is 336 Å². The first-order valence-electron chi connectivity index (χ1n) is 19.6. The lowest BCUT2D eigenvalue weighted by Gasteiger charge is -2.23. The van der Waals surface area contributed by atoms with Gasteiger partial charge < -0.3 is 47.4 Å². The van der Waals surface area contributed by atoms with Crippen molar-refractivity contribution in [1.82, 2.24) is 0 Å². The van der Waals surface area contributed by atoms with Gasteiger partial charge in [-0.25, -0.2) is 19.2 Å². The molecule has 312 valence electrons. The molecule has 0 aromatic heterocycles. The fourth-order valence-electron chi connectivity index (χ4n) is 6.13. The molecule has 5 rings (SSSR count). The van der Waals surface area contributed by atoms with Crippen molar-refractivity contribution in [1.29, 1.82) is 0 Å². The molecular formula is C44H52O14. The Kier molecular flexibility index (Phi) is 14.2. The van der Waals surface area contributed by atoms with Gasteiger partial charge in [-0.3, -0.25) is 0 Å². The largest absolute Gasteiger partial charge is 0.513 e. The normalized spacial score (nSPS) is 11.6. The molecule has 14 nitrogen and oxygen atoms in total. The average Bonchev–Trinajstić information content (AvgIpc) is 3.15. The van der Waals surface area contributed by atoms with Gasteiger partial charge in [0.1, 0.15) is 11.5 Å². The van der Waals surface area contributed by atoms with Gasteiger partial charge in [0, 0.05) is 31.6 Å². The second-order valence-electron chi connectivity index (χ2n) is 15.3. The van der Waals surface area contributed by atoms with E-state index in [-0.39, 0.29) is 140 Å². The minimum atomic E-state index is -1.04. The highest BCUT2D eigenvalue weighted by Gasteiger charge is 2.33. The molecule has 0 heterocycles. The molecule has 0 saturated heterocycles. The summed E-state index contributed by atoms with van der Waals surface area (Å²) in [7, 11) is 0. The summed E-state index contributed by atoms with van der Waals surface area (Å²) in [5, 5.41) is 1.63. The van der Waals surface area contributed by atoms with E-state index >= 15 is 0 Å². The van der Waals surface area contributed by atoms with Crippen LogP contribution >= 0.6 is 0 Å². The zero-order valence-electron chi connectivity index (χ0n) is 34.7. The topological polar surface area (TPSA) is 161 Å². The third kappa shape index (κ3) is 9.60. The van der Waals surface area contributed by atoms with Crippen molar-refractivity contribution in [2.45, 2.75) is 69.2 Å². The maximum absolute atomic E-state index is 13.5. The maximum Gasteiger partial charge on any atom is 0.513 e. The Balaban J connectivity index is 2.04. The van der Waals surface area contributed by atoms with Crippen LogP contribution in [0.4, 0.5) is 19.2 Å². The van der Waals surface area contributed by atoms with Gasteiger partial charge in [-0.2, -0.15) is 0 Å². The monoisotopic (exact) mass is 804 g/mol. The molecule has 58 heavy (non-hydrogen) atoms. The van der Waals surface area contributed by atoms with Gasteiger partial charge in [0.2, 0.25) is 0 Å². The molecule has 4 aromatic carbocycles. The van der Waals surface area contributed by atoms with E-state index in [2.05, 4.69) is 0 Å². The molecule has 4 aromatic rings. The van der Waals surface area contributed by atoms with Gasteiger partial charge in [0.25, 0.3) is 0 Å². The van der Waals surface area contributed by atoms with Gasteiger partial charge in [-0.1, -0.05) is 79.7 Å². The van der Waals surface area contributed by atoms with Crippen molar-refractivity contribution in [2.24, 2.45) is 23.7 Å². The number of fused-ring (bicyclic) bond motifs is 4. The summed E-state index contributed by atoms with van der Waals surface area (Å²) < 4.78 is 58.3. The van der Waals surface area contributed by atoms with Gasteiger partial charge in [-0.15, -0.1) is 0 Å². The number of benzene rings is 4. The fraction of sp³-hybridized carbons (Fsp3) is 0.455. The van der Waals surface area contributed by atoms with Crippen LogP contribution in [0.3, 0.4) is 0 Å². The Hall–Kier alpha value is -5.92. The molecule has 14 heteroatoms. The van der Waals surface area contributed by atoms with Crippen molar-refractivity contribution in [3.05, 3.63) is 57.3 Å². The molecular weight excluding hydrogens is 752 g/mol. The molecule has 1 aliphatic rings. The number of hydrogen-bond donors (Lipinski definition) is 0. The molecule has 0 saturated carbocycles. The number of hydrogen-bond acceptors (Lipinski definition) is 14. The third-order valence-corrected chi connectivity index (χ3v) is 8.38. The smallest absolute Gasteiger partial charge is 0.493 e. The zero-order chi connectivity index (χ0) is 42.3. The van der Waals surface area contributed by atoms with E-state index in [1.54, 1.807) is 50.2 Å². The molecule has 0 bridgehead atoms. The Morgan fingerprint density at radius 2 is 0.707 bits per heavy atom. The second-order valence-corrected chi connectivity index (χ2v) is 15.3. The molecule has 0 spiro atoms. The quantitative estimate of drug-likeness (QED) is 0.0526. The highest BCUT2D eigenvalue weighted by atomic mass is 16.7. The van der Waals surface area contributed by atoms with Crippen molar-refractivity contribution < 1.29 is 66.5 Å². The van der Waals surface area contributed by atoms with Crippen LogP contribution in [-0.2, 0) is 18.9 Å². The number of ether oxygens (including phenoxy) is 10. The van der Waals surface area contributed by atoms with E-state index < -0.39 is 24.6 Å². The van der Waals surface area contributed by atoms with Gasteiger partial charge in [0.05, 0.1) is 50.4 Å². The summed E-state index contributed by atoms with van der Waals surface area (Å²) in [6, 6.07) is 10.00. The van der Waals surface area contributed by atoms with Crippen LogP contribution in [-0.4, -0.2) is 64.3 Å². The summed E-state index contributed by atoms with van der Waals surface area (Å²) in [5.41, 5.74) is 0. The van der Waals surface area contributed by atoms with E-state index in [1.807, 2.05) is 55.4 Å². The van der Waals surface area contributed by atoms with Crippen LogP contribution < -0.4 is 28.4 Å². The summed E-state index contributed by atoms with van der Waals surface area (Å²) in [4.78, 5) is 54.0. The lowest BCUT2D eigenvalue weighted by atomic mass is 9.90. The lowest BCUT2D eigenvalue weighted by molar-refractivity contribution is 0.0857. The fourth-order valence-corrected chi connectivity index (χ4v) is 6.13. The molecule has 1 aliphatic carbocycles. The first-order valence-corrected chi connectivity index (χ1v) is 19.6. The minimum absolute atomic E-state index is 0.0111. The SMILES string of the molecule is CCOc1cccc2c(OC(=O)OCC(C)C)c3c(c(OC(=O)OCC(C)C)c12)=c1c(OC(=O)OCC(C)C)c2c(OCC)cccc2c(OC(=O)OCC(C)C)c1=3. The molecule has 0 fully saturated rings. The lowest BCUT2D eigenvalue weighted by Crippen LogP contribution is -2.19. The highest BCUT2D eigenvalue weighted by Crippen LogP contribution is 2.50. The van der Waals surface area contributed by atoms with Crippen molar-refractivity contribution in [3.8, 4) is 34.5 Å². The van der Waals surface area contributed by atoms with E-state index in [1.165, 1.54) is 0 Å². The summed E-state index contributed by atoms with van der Waals surface area (Å²) in [5.74, 6) is 0.268. The molecule has 0 radical (unpaired) electrons. The van der Waals surface area contributed by atoms with Gasteiger partial charge in [-0.05, 0) is 49.7 Å². The number of carbonyl (C=O) groups is 4. The van der Waals surface area contributed by atoms with Crippen LogP contribution in [0.5, 0.6) is 34.5 Å². The zero-order valence-corrected chi connectivity index (χ0v) is 34.7. The molecule has 0 aliphatic heterocycles. The first kappa shape index (κ1) is 43.2. The molecule has 0 atom stereocenters. The van der Waals surface area contributed by atoms with Crippen molar-refractivity contribution >= 4 is 46.2 Å². The molecule has 0 N–H and O–H groups in total. The third-order valence-electron chi connectivity index (χ3n) is 8.38. The number of carbonyl (C=O) groups excluding carboxylic acids is 4. The molecule has 0 unspecified atom stereocenters. The van der Waals surface area contributed by atoms with Crippen LogP contribution in [0.25, 0.3) is 21.5 Å². The number of rotatable bonds is 16. The Morgan fingerprint density at radius 1 is 0.431 bits per heavy atom. The van der Waals surface area contributed by atoms with Gasteiger partial charge in [0.15, 0.2) is 23.0 Å². The predicted molar refractivity (Wildman–Crippen MR) is 213 cm³/mol. The van der Waals surface area contributed by atoms with E-state index in [0.29, 0.717) is 0 Å². The van der Waals surface area contributed by atoms with E-state index in [4.69, 9.17) is 47.4 Å². The van der Waals surface area contributed by atoms with E-state index in [0.717, 1.165) is 0 Å². The average molecular weight is 805 g/mol. The second kappa shape index (κ2) is 19.0. The maximum atomic E-state index is 13.5. The minimum Gasteiger partial charge on any atom is -0.493 e. The van der Waals surface area contributed by atoms with E-state index in [9.17, 15) is 19.2 Å². The van der Waals surface area contributed by atoms with Crippen LogP contribution in [0.2, 0.25) is 0 Å². The summed E-state index contributed by atoms with van der Waals surface area (Å²) in [6.45, 7) is 19.2. The van der Waals surface area contributed by atoms with Gasteiger partial charge >= 0.3 is 24.6 Å². The van der Waals surface area contributed by atoms with Crippen LogP contribution in [0, 0.1) is 44.5 Å². The first-order chi connectivity index (χ1) is 27.7. The summed E-state index contributed by atoms with van der Waals surface area (Å²) in [6.07, 6.45) is -4.12. The van der Waals surface area contributed by atoms with Crippen molar-refractivity contribution in [2.75, 3.05) is 39.6 Å². The van der Waals surface area contributed by atoms with Crippen molar-refractivity contribution in [3.63, 3.8) is 0 Å². The highest BCUT2D eigenvalue weighted by molar-refractivity contribution is 6.04. The predicted octanol–water partition coefficient (Wildman–Crippen LogP) is 10.4. The van der Waals surface area contributed by atoms with Crippen LogP contribution in [0.1, 0.15) is 69.2 Å². The summed E-state index contributed by atoms with van der Waals surface area (Å²) >= 11 is 0. The molecule has 0 amide bonds. The van der Waals surface area contributed by atoms with Crippen LogP contribution in [0.15, 0.2) is 36.4 Å². The Bertz CT molecular complexity index is 2220. The standard InChI is InChI=1S/C44H52O14/c1-11-49-29-17-13-15-27-31(29)39(57-43(47)53-21-25(7)8)35-33(37(27)55-41(45)51-19-23(3)4)34-36(35)40(58-44(48)54-22-26(9)10)32-28(16-14-18-30(32)50-12-2)38(34)56-42(46)52-20-24(5)6/h13-18,23-26H,11-12,19-22H2,1-10H3.